The van der Waals surface area contributed by atoms with Crippen LogP contribution in [0.5, 0.6) is 0 Å². The minimum Gasteiger partial charge on any atom is -0.397 e. The molecule has 2 aromatic carbocycles. The zero-order valence-corrected chi connectivity index (χ0v) is 10.4. The molecule has 0 amide bonds. The van der Waals surface area contributed by atoms with Crippen LogP contribution in [0, 0.1) is 22.7 Å². The molecule has 0 atom stereocenters. The molecule has 4 N–H and O–H groups in total. The van der Waals surface area contributed by atoms with Gasteiger partial charge >= 0.3 is 0 Å². The predicted molar refractivity (Wildman–Crippen MR) is 74.6 cm³/mol. The molecule has 0 aliphatic carbocycles. The van der Waals surface area contributed by atoms with Crippen LogP contribution >= 0.6 is 0 Å². The van der Waals surface area contributed by atoms with Crippen LogP contribution in [-0.2, 0) is 0 Å². The van der Waals surface area contributed by atoms with Gasteiger partial charge < -0.3 is 11.5 Å². The summed E-state index contributed by atoms with van der Waals surface area (Å²) in [6, 6.07) is 13.5. The summed E-state index contributed by atoms with van der Waals surface area (Å²) in [7, 11) is 0. The quantitative estimate of drug-likeness (QED) is 0.632. The summed E-state index contributed by atoms with van der Waals surface area (Å²) < 4.78 is 0. The van der Waals surface area contributed by atoms with Gasteiger partial charge in [-0.15, -0.1) is 0 Å². The molecule has 5 nitrogen and oxygen atoms in total. The lowest BCUT2D eigenvalue weighted by molar-refractivity contribution is 0.103. The molecule has 5 heteroatoms. The molecule has 2 aromatic rings. The number of rotatable bonds is 2. The van der Waals surface area contributed by atoms with E-state index in [1.165, 1.54) is 6.07 Å². The Labute approximate surface area is 115 Å². The summed E-state index contributed by atoms with van der Waals surface area (Å²) in [4.78, 5) is 12.4. The van der Waals surface area contributed by atoms with Gasteiger partial charge in [0.05, 0.1) is 22.5 Å². The average molecular weight is 262 g/mol. The lowest BCUT2D eigenvalue weighted by Gasteiger charge is -2.10. The van der Waals surface area contributed by atoms with Gasteiger partial charge in [-0.1, -0.05) is 30.3 Å². The second-order valence-corrected chi connectivity index (χ2v) is 4.09. The Morgan fingerprint density at radius 3 is 2.20 bits per heavy atom. The fourth-order valence-electron chi connectivity index (χ4n) is 1.86. The van der Waals surface area contributed by atoms with Crippen molar-refractivity contribution in [1.82, 2.24) is 0 Å². The lowest BCUT2D eigenvalue weighted by atomic mass is 9.95. The third-order valence-electron chi connectivity index (χ3n) is 2.92. The third kappa shape index (κ3) is 2.05. The van der Waals surface area contributed by atoms with Gasteiger partial charge in [0.1, 0.15) is 12.1 Å². The number of nitriles is 2. The van der Waals surface area contributed by atoms with Gasteiger partial charge in [0.25, 0.3) is 0 Å². The Bertz CT molecular complexity index is 767. The molecule has 0 aliphatic rings. The van der Waals surface area contributed by atoms with E-state index >= 15 is 0 Å². The minimum absolute atomic E-state index is 0.00199. The summed E-state index contributed by atoms with van der Waals surface area (Å²) in [5.41, 5.74) is 12.1. The molecule has 0 heterocycles. The molecule has 2 rings (SSSR count). The van der Waals surface area contributed by atoms with Crippen LogP contribution < -0.4 is 11.5 Å². The van der Waals surface area contributed by atoms with Crippen LogP contribution in [0.2, 0.25) is 0 Å². The number of hydrogen-bond donors (Lipinski definition) is 2. The summed E-state index contributed by atoms with van der Waals surface area (Å²) >= 11 is 0. The molecular weight excluding hydrogens is 252 g/mol. The normalized spacial score (nSPS) is 9.50. The first-order valence-corrected chi connectivity index (χ1v) is 5.72. The highest BCUT2D eigenvalue weighted by atomic mass is 16.1. The van der Waals surface area contributed by atoms with Gasteiger partial charge in [0.2, 0.25) is 0 Å². The number of hydrogen-bond acceptors (Lipinski definition) is 5. The fraction of sp³-hybridized carbons (Fsp3) is 0. The fourth-order valence-corrected chi connectivity index (χ4v) is 1.86. The summed E-state index contributed by atoms with van der Waals surface area (Å²) in [5.74, 6) is -0.351. The monoisotopic (exact) mass is 262 g/mol. The maximum Gasteiger partial charge on any atom is 0.195 e. The van der Waals surface area contributed by atoms with Crippen molar-refractivity contribution < 1.29 is 4.79 Å². The highest BCUT2D eigenvalue weighted by Crippen LogP contribution is 2.28. The van der Waals surface area contributed by atoms with Gasteiger partial charge in [0.15, 0.2) is 5.78 Å². The number of carbonyl (C=O) groups excluding carboxylic acids is 1. The molecule has 0 bridgehead atoms. The van der Waals surface area contributed by atoms with Crippen molar-refractivity contribution in [2.75, 3.05) is 11.5 Å². The van der Waals surface area contributed by atoms with Crippen molar-refractivity contribution in [3.8, 4) is 12.1 Å². The van der Waals surface area contributed by atoms with Crippen LogP contribution in [0.1, 0.15) is 27.0 Å². The Balaban J connectivity index is 2.68. The van der Waals surface area contributed by atoms with Gasteiger partial charge in [-0.2, -0.15) is 10.5 Å². The van der Waals surface area contributed by atoms with Gasteiger partial charge in [-0.3, -0.25) is 4.79 Å². The summed E-state index contributed by atoms with van der Waals surface area (Å²) in [5, 5.41) is 18.1. The number of benzene rings is 2. The molecule has 0 saturated heterocycles. The predicted octanol–water partition coefficient (Wildman–Crippen LogP) is 1.83. The van der Waals surface area contributed by atoms with Gasteiger partial charge in [-0.25, -0.2) is 0 Å². The standard InChI is InChI=1S/C15H10N4O/c16-7-10-6-11(14(19)12(8-17)13(10)18)15(20)9-4-2-1-3-5-9/h1-6H,18-19H2. The van der Waals surface area contributed by atoms with E-state index in [4.69, 9.17) is 22.0 Å². The van der Waals surface area contributed by atoms with Crippen LogP contribution in [-0.4, -0.2) is 5.78 Å². The third-order valence-corrected chi connectivity index (χ3v) is 2.92. The average Bonchev–Trinajstić information content (AvgIpc) is 2.48. The van der Waals surface area contributed by atoms with E-state index in [2.05, 4.69) is 0 Å². The molecule has 0 radical (unpaired) electrons. The highest BCUT2D eigenvalue weighted by Gasteiger charge is 2.19. The molecule has 96 valence electrons. The van der Waals surface area contributed by atoms with Gasteiger partial charge in [-0.05, 0) is 6.07 Å². The molecule has 20 heavy (non-hydrogen) atoms. The van der Waals surface area contributed by atoms with E-state index in [1.54, 1.807) is 30.3 Å². The first-order chi connectivity index (χ1) is 9.60. The number of nitrogens with zero attached hydrogens (tertiary/aromatic N) is 2. The van der Waals surface area contributed by atoms with E-state index in [0.717, 1.165) is 0 Å². The molecular formula is C15H10N4O. The van der Waals surface area contributed by atoms with Gasteiger partial charge in [0, 0.05) is 11.1 Å². The van der Waals surface area contributed by atoms with Crippen LogP contribution in [0.25, 0.3) is 0 Å². The zero-order chi connectivity index (χ0) is 14.7. The number of carbonyl (C=O) groups is 1. The Morgan fingerprint density at radius 2 is 1.65 bits per heavy atom. The maximum atomic E-state index is 12.4. The molecule has 0 aromatic heterocycles. The molecule has 0 spiro atoms. The Hall–Kier alpha value is -3.31. The van der Waals surface area contributed by atoms with E-state index < -0.39 is 0 Å². The maximum absolute atomic E-state index is 12.4. The number of anilines is 2. The summed E-state index contributed by atoms with van der Waals surface area (Å²) in [6.45, 7) is 0. The van der Waals surface area contributed by atoms with Crippen molar-refractivity contribution in [3.63, 3.8) is 0 Å². The molecule has 0 aliphatic heterocycles. The van der Waals surface area contributed by atoms with E-state index in [9.17, 15) is 4.79 Å². The number of nitrogens with two attached hydrogens (primary N) is 2. The first-order valence-electron chi connectivity index (χ1n) is 5.72. The lowest BCUT2D eigenvalue weighted by Crippen LogP contribution is -2.10. The summed E-state index contributed by atoms with van der Waals surface area (Å²) in [6.07, 6.45) is 0. The minimum atomic E-state index is -0.351. The zero-order valence-electron chi connectivity index (χ0n) is 10.4. The SMILES string of the molecule is N#Cc1cc(C(=O)c2ccccc2)c(N)c(C#N)c1N. The largest absolute Gasteiger partial charge is 0.397 e. The van der Waals surface area contributed by atoms with E-state index in [0.29, 0.717) is 5.56 Å². The van der Waals surface area contributed by atoms with Crippen molar-refractivity contribution in [3.05, 3.63) is 58.7 Å². The Morgan fingerprint density at radius 1 is 1.00 bits per heavy atom. The topological polar surface area (TPSA) is 117 Å². The van der Waals surface area contributed by atoms with Crippen LogP contribution in [0.4, 0.5) is 11.4 Å². The second kappa shape index (κ2) is 5.13. The van der Waals surface area contributed by atoms with E-state index in [1.807, 2.05) is 12.1 Å². The van der Waals surface area contributed by atoms with Crippen molar-refractivity contribution in [2.24, 2.45) is 0 Å². The molecule has 0 saturated carbocycles. The van der Waals surface area contributed by atoms with Crippen molar-refractivity contribution in [1.29, 1.82) is 10.5 Å². The van der Waals surface area contributed by atoms with Crippen molar-refractivity contribution in [2.45, 2.75) is 0 Å². The molecule has 0 unspecified atom stereocenters. The van der Waals surface area contributed by atoms with Crippen LogP contribution in [0.3, 0.4) is 0 Å². The highest BCUT2D eigenvalue weighted by molar-refractivity contribution is 6.13. The number of nitrogen functional groups attached to an aromatic ring is 2. The number of ketones is 1. The van der Waals surface area contributed by atoms with E-state index in [-0.39, 0.29) is 33.8 Å². The molecule has 0 fully saturated rings. The van der Waals surface area contributed by atoms with Crippen LogP contribution in [0.15, 0.2) is 36.4 Å². The van der Waals surface area contributed by atoms with Crippen molar-refractivity contribution >= 4 is 17.2 Å². The Kier molecular flexibility index (Phi) is 3.37. The first kappa shape index (κ1) is 13.1. The smallest absolute Gasteiger partial charge is 0.195 e. The second-order valence-electron chi connectivity index (χ2n) is 4.09.